The van der Waals surface area contributed by atoms with Gasteiger partial charge in [0.1, 0.15) is 5.60 Å². The molecular weight excluding hydrogens is 256 g/mol. The van der Waals surface area contributed by atoms with Crippen molar-refractivity contribution in [3.63, 3.8) is 0 Å². The highest BCUT2D eigenvalue weighted by atomic mass is 16.3. The van der Waals surface area contributed by atoms with Crippen molar-refractivity contribution < 1.29 is 5.11 Å². The van der Waals surface area contributed by atoms with E-state index >= 15 is 0 Å². The van der Waals surface area contributed by atoms with E-state index in [4.69, 9.17) is 6.42 Å². The molecule has 0 heterocycles. The summed E-state index contributed by atoms with van der Waals surface area (Å²) >= 11 is 0. The monoisotopic (exact) mass is 284 g/mol. The van der Waals surface area contributed by atoms with Crippen molar-refractivity contribution in [2.45, 2.75) is 63.9 Å². The third-order valence-corrected chi connectivity index (χ3v) is 7.78. The zero-order valence-corrected chi connectivity index (χ0v) is 13.2. The van der Waals surface area contributed by atoms with Gasteiger partial charge in [-0.25, -0.2) is 0 Å². The second-order valence-corrected chi connectivity index (χ2v) is 8.34. The SMILES string of the molecule is C#C[C@]1(O)CCC2C3C=CC4CCCC[C@@H]4C3CC[C@@]21C. The highest BCUT2D eigenvalue weighted by Gasteiger charge is 2.61. The minimum atomic E-state index is -0.861. The Morgan fingerprint density at radius 3 is 2.67 bits per heavy atom. The minimum absolute atomic E-state index is 0.0608. The van der Waals surface area contributed by atoms with Crippen molar-refractivity contribution in [3.8, 4) is 12.3 Å². The van der Waals surface area contributed by atoms with Gasteiger partial charge in [-0.1, -0.05) is 37.8 Å². The molecule has 3 fully saturated rings. The summed E-state index contributed by atoms with van der Waals surface area (Å²) in [5, 5.41) is 10.9. The van der Waals surface area contributed by atoms with Crippen LogP contribution in [0, 0.1) is 47.3 Å². The summed E-state index contributed by atoms with van der Waals surface area (Å²) in [5.41, 5.74) is -0.922. The first-order chi connectivity index (χ1) is 10.1. The summed E-state index contributed by atoms with van der Waals surface area (Å²) in [4.78, 5) is 0. The van der Waals surface area contributed by atoms with Crippen LogP contribution in [0.25, 0.3) is 0 Å². The Kier molecular flexibility index (Phi) is 3.06. The Morgan fingerprint density at radius 1 is 1.05 bits per heavy atom. The molecular formula is C20H28O. The molecule has 1 nitrogen and oxygen atoms in total. The third-order valence-electron chi connectivity index (χ3n) is 7.78. The van der Waals surface area contributed by atoms with Crippen LogP contribution in [0.2, 0.25) is 0 Å². The summed E-state index contributed by atoms with van der Waals surface area (Å²) in [6, 6.07) is 0. The maximum Gasteiger partial charge on any atom is 0.130 e. The topological polar surface area (TPSA) is 20.2 Å². The van der Waals surface area contributed by atoms with Crippen molar-refractivity contribution >= 4 is 0 Å². The largest absolute Gasteiger partial charge is 0.377 e. The van der Waals surface area contributed by atoms with E-state index in [1.54, 1.807) is 0 Å². The van der Waals surface area contributed by atoms with Crippen LogP contribution in [-0.4, -0.2) is 10.7 Å². The van der Waals surface area contributed by atoms with Gasteiger partial charge in [-0.3, -0.25) is 0 Å². The maximum atomic E-state index is 10.9. The van der Waals surface area contributed by atoms with E-state index in [0.29, 0.717) is 11.8 Å². The van der Waals surface area contributed by atoms with Gasteiger partial charge in [-0.15, -0.1) is 6.42 Å². The molecule has 0 amide bonds. The minimum Gasteiger partial charge on any atom is -0.377 e. The lowest BCUT2D eigenvalue weighted by Gasteiger charge is -2.54. The molecule has 0 spiro atoms. The van der Waals surface area contributed by atoms with Crippen molar-refractivity contribution in [3.05, 3.63) is 12.2 Å². The molecule has 0 aliphatic heterocycles. The zero-order chi connectivity index (χ0) is 14.7. The zero-order valence-electron chi connectivity index (χ0n) is 13.2. The fourth-order valence-electron chi connectivity index (χ4n) is 6.49. The molecule has 4 aliphatic carbocycles. The van der Waals surface area contributed by atoms with Crippen LogP contribution >= 0.6 is 0 Å². The first-order valence-corrected chi connectivity index (χ1v) is 8.97. The number of hydrogen-bond acceptors (Lipinski definition) is 1. The molecule has 21 heavy (non-hydrogen) atoms. The van der Waals surface area contributed by atoms with E-state index in [1.165, 1.54) is 32.1 Å². The van der Waals surface area contributed by atoms with E-state index < -0.39 is 5.60 Å². The van der Waals surface area contributed by atoms with Gasteiger partial charge in [0.25, 0.3) is 0 Å². The smallest absolute Gasteiger partial charge is 0.130 e. The molecule has 0 aromatic rings. The van der Waals surface area contributed by atoms with E-state index in [9.17, 15) is 5.11 Å². The molecule has 0 radical (unpaired) electrons. The van der Waals surface area contributed by atoms with E-state index in [1.807, 2.05) is 0 Å². The molecule has 0 saturated heterocycles. The lowest BCUT2D eigenvalue weighted by atomic mass is 9.51. The van der Waals surface area contributed by atoms with Crippen molar-refractivity contribution in [2.75, 3.05) is 0 Å². The summed E-state index contributed by atoms with van der Waals surface area (Å²) < 4.78 is 0. The number of aliphatic hydroxyl groups is 1. The Balaban J connectivity index is 1.67. The van der Waals surface area contributed by atoms with E-state index in [-0.39, 0.29) is 5.41 Å². The van der Waals surface area contributed by atoms with Crippen LogP contribution in [0.15, 0.2) is 12.2 Å². The number of allylic oxidation sites excluding steroid dienone is 2. The Labute approximate surface area is 129 Å². The summed E-state index contributed by atoms with van der Waals surface area (Å²) in [6.45, 7) is 2.27. The molecule has 0 bridgehead atoms. The molecule has 114 valence electrons. The Morgan fingerprint density at radius 2 is 1.86 bits per heavy atom. The van der Waals surface area contributed by atoms with Crippen LogP contribution in [-0.2, 0) is 0 Å². The molecule has 1 heteroatoms. The van der Waals surface area contributed by atoms with Crippen LogP contribution in [0.5, 0.6) is 0 Å². The lowest BCUT2D eigenvalue weighted by Crippen LogP contribution is -2.51. The predicted octanol–water partition coefficient (Wildman–Crippen LogP) is 4.17. The molecule has 0 aromatic heterocycles. The van der Waals surface area contributed by atoms with E-state index in [2.05, 4.69) is 25.0 Å². The third kappa shape index (κ3) is 1.75. The fourth-order valence-corrected chi connectivity index (χ4v) is 6.49. The fraction of sp³-hybridized carbons (Fsp3) is 0.800. The van der Waals surface area contributed by atoms with Gasteiger partial charge in [-0.05, 0) is 68.1 Å². The van der Waals surface area contributed by atoms with Gasteiger partial charge in [-0.2, -0.15) is 0 Å². The van der Waals surface area contributed by atoms with Crippen molar-refractivity contribution in [1.29, 1.82) is 0 Å². The average molecular weight is 284 g/mol. The quantitative estimate of drug-likeness (QED) is 0.523. The highest BCUT2D eigenvalue weighted by Crippen LogP contribution is 2.63. The second kappa shape index (κ2) is 4.63. The molecule has 4 aliphatic rings. The Hall–Kier alpha value is -0.740. The van der Waals surface area contributed by atoms with Gasteiger partial charge < -0.3 is 5.11 Å². The molecule has 3 saturated carbocycles. The second-order valence-electron chi connectivity index (χ2n) is 8.34. The average Bonchev–Trinajstić information content (AvgIpc) is 2.79. The lowest BCUT2D eigenvalue weighted by molar-refractivity contribution is -0.0785. The van der Waals surface area contributed by atoms with Crippen LogP contribution in [0.4, 0.5) is 0 Å². The van der Waals surface area contributed by atoms with Crippen molar-refractivity contribution in [2.24, 2.45) is 35.0 Å². The van der Waals surface area contributed by atoms with Crippen LogP contribution in [0.3, 0.4) is 0 Å². The van der Waals surface area contributed by atoms with Gasteiger partial charge >= 0.3 is 0 Å². The first kappa shape index (κ1) is 13.9. The standard InChI is InChI=1S/C20H28O/c1-3-20(21)13-11-18-17-9-8-14-6-4-5-7-15(14)16(17)10-12-19(18,20)2/h1,8-9,14-18,21H,4-7,10-13H2,2H3/t14?,15-,16?,17?,18?,19-,20-/m0/s1. The molecule has 7 atom stereocenters. The number of terminal acetylenes is 1. The first-order valence-electron chi connectivity index (χ1n) is 8.97. The summed E-state index contributed by atoms with van der Waals surface area (Å²) in [5.74, 6) is 6.65. The van der Waals surface area contributed by atoms with Gasteiger partial charge in [0.15, 0.2) is 0 Å². The highest BCUT2D eigenvalue weighted by molar-refractivity contribution is 5.25. The summed E-state index contributed by atoms with van der Waals surface area (Å²) in [6.07, 6.45) is 20.8. The van der Waals surface area contributed by atoms with Crippen LogP contribution < -0.4 is 0 Å². The number of rotatable bonds is 0. The maximum absolute atomic E-state index is 10.9. The molecule has 4 unspecified atom stereocenters. The molecule has 4 rings (SSSR count). The molecule has 0 aromatic carbocycles. The summed E-state index contributed by atoms with van der Waals surface area (Å²) in [7, 11) is 0. The molecule has 1 N–H and O–H groups in total. The Bertz CT molecular complexity index is 500. The van der Waals surface area contributed by atoms with Gasteiger partial charge in [0.05, 0.1) is 0 Å². The van der Waals surface area contributed by atoms with E-state index in [0.717, 1.165) is 37.0 Å². The van der Waals surface area contributed by atoms with Gasteiger partial charge in [0, 0.05) is 5.41 Å². The predicted molar refractivity (Wildman–Crippen MR) is 85.4 cm³/mol. The van der Waals surface area contributed by atoms with Crippen LogP contribution in [0.1, 0.15) is 58.3 Å². The number of hydrogen-bond donors (Lipinski definition) is 1. The van der Waals surface area contributed by atoms with Crippen molar-refractivity contribution in [1.82, 2.24) is 0 Å². The van der Waals surface area contributed by atoms with Gasteiger partial charge in [0.2, 0.25) is 0 Å². The number of fused-ring (bicyclic) bond motifs is 5. The normalized spacial score (nSPS) is 55.2.